The lowest BCUT2D eigenvalue weighted by Gasteiger charge is -2.02. The smallest absolute Gasteiger partial charge is 0.337 e. The summed E-state index contributed by atoms with van der Waals surface area (Å²) in [4.78, 5) is 28.6. The average Bonchev–Trinajstić information content (AvgIpc) is 2.98. The molecule has 3 rings (SSSR count). The number of carbonyl (C=O) groups is 2. The summed E-state index contributed by atoms with van der Waals surface area (Å²) in [5, 5.41) is 0.915. The third-order valence-electron chi connectivity index (χ3n) is 3.69. The Bertz CT molecular complexity index is 1150. The van der Waals surface area contributed by atoms with Gasteiger partial charge in [0.15, 0.2) is 4.80 Å². The van der Waals surface area contributed by atoms with Gasteiger partial charge in [-0.3, -0.25) is 4.79 Å². The average molecular weight is 419 g/mol. The number of rotatable bonds is 3. The molecule has 0 N–H and O–H groups in total. The summed E-state index contributed by atoms with van der Waals surface area (Å²) in [5.41, 5.74) is 1.35. The van der Waals surface area contributed by atoms with Gasteiger partial charge in [-0.2, -0.15) is 4.99 Å². The Morgan fingerprint density at radius 2 is 1.89 bits per heavy atom. The molecule has 0 aliphatic heterocycles. The fourth-order valence-electron chi connectivity index (χ4n) is 2.47. The maximum Gasteiger partial charge on any atom is 0.337 e. The van der Waals surface area contributed by atoms with Crippen molar-refractivity contribution in [2.45, 2.75) is 6.54 Å². The van der Waals surface area contributed by atoms with Crippen molar-refractivity contribution in [3.63, 3.8) is 0 Å². The summed E-state index contributed by atoms with van der Waals surface area (Å²) in [6.07, 6.45) is 5.45. The molecule has 2 aromatic carbocycles. The number of hydrogen-bond donors (Lipinski definition) is 0. The van der Waals surface area contributed by atoms with Gasteiger partial charge in [0.2, 0.25) is 0 Å². The van der Waals surface area contributed by atoms with Crippen molar-refractivity contribution < 1.29 is 14.3 Å². The molecule has 27 heavy (non-hydrogen) atoms. The van der Waals surface area contributed by atoms with E-state index in [0.29, 0.717) is 31.5 Å². The number of hydrogen-bond acceptors (Lipinski definition) is 4. The van der Waals surface area contributed by atoms with Crippen LogP contribution in [0.5, 0.6) is 0 Å². The van der Waals surface area contributed by atoms with E-state index < -0.39 is 11.9 Å². The number of nitrogens with zero attached hydrogens (tertiary/aromatic N) is 2. The molecule has 0 fully saturated rings. The number of amides is 1. The first-order valence-electron chi connectivity index (χ1n) is 7.64. The minimum atomic E-state index is -0.478. The van der Waals surface area contributed by atoms with Gasteiger partial charge in [0, 0.05) is 10.6 Å². The number of carbonyl (C=O) groups excluding carboxylic acids is 2. The highest BCUT2D eigenvalue weighted by atomic mass is 35.5. The van der Waals surface area contributed by atoms with Crippen molar-refractivity contribution in [1.82, 2.24) is 4.57 Å². The zero-order valence-electron chi connectivity index (χ0n) is 14.0. The minimum absolute atomic E-state index is 0.203. The monoisotopic (exact) mass is 418 g/mol. The molecule has 1 aromatic heterocycles. The molecule has 0 aliphatic rings. The Labute approximate surface area is 168 Å². The van der Waals surface area contributed by atoms with Crippen LogP contribution in [0.4, 0.5) is 0 Å². The molecule has 136 valence electrons. The van der Waals surface area contributed by atoms with Crippen LogP contribution in [0.25, 0.3) is 10.2 Å². The lowest BCUT2D eigenvalue weighted by Crippen LogP contribution is -2.16. The Morgan fingerprint density at radius 1 is 1.22 bits per heavy atom. The van der Waals surface area contributed by atoms with Crippen LogP contribution >= 0.6 is 34.5 Å². The lowest BCUT2D eigenvalue weighted by atomic mass is 10.1. The van der Waals surface area contributed by atoms with Crippen LogP contribution in [0.3, 0.4) is 0 Å². The van der Waals surface area contributed by atoms with E-state index in [0.717, 1.165) is 4.70 Å². The predicted molar refractivity (Wildman–Crippen MR) is 106 cm³/mol. The van der Waals surface area contributed by atoms with Gasteiger partial charge in [0.1, 0.15) is 0 Å². The zero-order chi connectivity index (χ0) is 19.6. The molecule has 1 heterocycles. The van der Waals surface area contributed by atoms with Gasteiger partial charge in [-0.15, -0.1) is 6.42 Å². The van der Waals surface area contributed by atoms with Crippen LogP contribution in [0.15, 0.2) is 41.4 Å². The molecule has 0 saturated heterocycles. The topological polar surface area (TPSA) is 60.7 Å². The van der Waals surface area contributed by atoms with E-state index in [9.17, 15) is 9.59 Å². The first-order valence-corrected chi connectivity index (χ1v) is 9.21. The molecule has 3 aromatic rings. The SMILES string of the molecule is C#CCn1c(=NC(=O)c2ccc(C(=O)OC)cc2)sc2cc(Cl)cc(Cl)c21. The quantitative estimate of drug-likeness (QED) is 0.473. The van der Waals surface area contributed by atoms with Gasteiger partial charge in [-0.05, 0) is 36.4 Å². The fraction of sp³-hybridized carbons (Fsp3) is 0.105. The zero-order valence-corrected chi connectivity index (χ0v) is 16.4. The summed E-state index contributed by atoms with van der Waals surface area (Å²) in [7, 11) is 1.29. The van der Waals surface area contributed by atoms with Gasteiger partial charge in [-0.1, -0.05) is 40.5 Å². The van der Waals surface area contributed by atoms with Crippen molar-refractivity contribution in [2.75, 3.05) is 7.11 Å². The molecule has 5 nitrogen and oxygen atoms in total. The number of fused-ring (bicyclic) bond motifs is 1. The van der Waals surface area contributed by atoms with Crippen LogP contribution in [0.1, 0.15) is 20.7 Å². The molecule has 8 heteroatoms. The largest absolute Gasteiger partial charge is 0.465 e. The molecular formula is C19H12Cl2N2O3S. The van der Waals surface area contributed by atoms with Crippen molar-refractivity contribution >= 4 is 56.6 Å². The van der Waals surface area contributed by atoms with Crippen molar-refractivity contribution in [3.8, 4) is 12.3 Å². The second kappa shape index (κ2) is 7.97. The summed E-state index contributed by atoms with van der Waals surface area (Å²) >= 11 is 13.6. The summed E-state index contributed by atoms with van der Waals surface area (Å²) < 4.78 is 7.11. The molecule has 0 aliphatic carbocycles. The summed E-state index contributed by atoms with van der Waals surface area (Å²) in [6.45, 7) is 0.203. The van der Waals surface area contributed by atoms with Gasteiger partial charge in [0.05, 0.1) is 34.5 Å². The second-order valence-corrected chi connectivity index (χ2v) is 7.25. The number of esters is 1. The van der Waals surface area contributed by atoms with Gasteiger partial charge >= 0.3 is 5.97 Å². The van der Waals surface area contributed by atoms with E-state index in [4.69, 9.17) is 29.6 Å². The highest BCUT2D eigenvalue weighted by Crippen LogP contribution is 2.29. The minimum Gasteiger partial charge on any atom is -0.465 e. The maximum atomic E-state index is 12.5. The Morgan fingerprint density at radius 3 is 2.52 bits per heavy atom. The van der Waals surface area contributed by atoms with Crippen molar-refractivity contribution in [2.24, 2.45) is 4.99 Å². The van der Waals surface area contributed by atoms with E-state index in [2.05, 4.69) is 15.6 Å². The van der Waals surface area contributed by atoms with E-state index in [1.807, 2.05) is 0 Å². The number of benzene rings is 2. The number of aromatic nitrogens is 1. The van der Waals surface area contributed by atoms with Gasteiger partial charge < -0.3 is 9.30 Å². The number of methoxy groups -OCH3 is 1. The third-order valence-corrected chi connectivity index (χ3v) is 5.23. The van der Waals surface area contributed by atoms with Crippen molar-refractivity contribution in [1.29, 1.82) is 0 Å². The summed E-state index contributed by atoms with van der Waals surface area (Å²) in [5.74, 6) is 1.59. The van der Waals surface area contributed by atoms with Crippen molar-refractivity contribution in [3.05, 3.63) is 62.4 Å². The molecule has 0 unspecified atom stereocenters. The molecule has 1 amide bonds. The number of halogens is 2. The highest BCUT2D eigenvalue weighted by Gasteiger charge is 2.13. The second-order valence-electron chi connectivity index (χ2n) is 5.40. The third kappa shape index (κ3) is 3.91. The molecule has 0 atom stereocenters. The van der Waals surface area contributed by atoms with Crippen LogP contribution in [0, 0.1) is 12.3 Å². The number of thiazole rings is 1. The van der Waals surface area contributed by atoms with E-state index in [1.165, 1.54) is 42.7 Å². The summed E-state index contributed by atoms with van der Waals surface area (Å²) in [6, 6.07) is 9.40. The standard InChI is InChI=1S/C19H12Cl2N2O3S/c1-3-8-23-16-14(21)9-13(20)10-15(16)27-19(23)22-17(24)11-4-6-12(7-5-11)18(25)26-2/h1,4-7,9-10H,8H2,2H3. The lowest BCUT2D eigenvalue weighted by molar-refractivity contribution is 0.0600. The van der Waals surface area contributed by atoms with Crippen LogP contribution in [-0.4, -0.2) is 23.6 Å². The van der Waals surface area contributed by atoms with Gasteiger partial charge in [0.25, 0.3) is 5.91 Å². The van der Waals surface area contributed by atoms with Crippen LogP contribution in [-0.2, 0) is 11.3 Å². The van der Waals surface area contributed by atoms with Crippen LogP contribution < -0.4 is 4.80 Å². The van der Waals surface area contributed by atoms with E-state index in [1.54, 1.807) is 16.7 Å². The normalized spacial score (nSPS) is 11.4. The molecule has 0 spiro atoms. The Balaban J connectivity index is 2.08. The molecular weight excluding hydrogens is 407 g/mol. The number of terminal acetylenes is 1. The predicted octanol–water partition coefficient (Wildman–Crippen LogP) is 4.17. The van der Waals surface area contributed by atoms with Gasteiger partial charge in [-0.25, -0.2) is 4.79 Å². The maximum absolute atomic E-state index is 12.5. The van der Waals surface area contributed by atoms with Crippen LogP contribution in [0.2, 0.25) is 10.0 Å². The molecule has 0 bridgehead atoms. The van der Waals surface area contributed by atoms with E-state index >= 15 is 0 Å². The molecule has 0 saturated carbocycles. The first-order chi connectivity index (χ1) is 12.9. The molecule has 0 radical (unpaired) electrons. The Hall–Kier alpha value is -2.59. The number of ether oxygens (including phenoxy) is 1. The first kappa shape index (κ1) is 19.2. The van der Waals surface area contributed by atoms with E-state index in [-0.39, 0.29) is 6.54 Å². The highest BCUT2D eigenvalue weighted by molar-refractivity contribution is 7.16. The Kier molecular flexibility index (Phi) is 5.66. The fourth-order valence-corrected chi connectivity index (χ4v) is 4.28.